The average molecular weight is 226 g/mol. The highest BCUT2D eigenvalue weighted by Crippen LogP contribution is 2.16. The van der Waals surface area contributed by atoms with Gasteiger partial charge < -0.3 is 4.90 Å². The predicted molar refractivity (Wildman–Crippen MR) is 68.2 cm³/mol. The second-order valence-corrected chi connectivity index (χ2v) is 4.48. The van der Waals surface area contributed by atoms with E-state index in [2.05, 4.69) is 22.5 Å². The largest absolute Gasteiger partial charge is 0.371 e. The van der Waals surface area contributed by atoms with Gasteiger partial charge in [0, 0.05) is 35.6 Å². The van der Waals surface area contributed by atoms with Crippen molar-refractivity contribution in [3.8, 4) is 0 Å². The van der Waals surface area contributed by atoms with Gasteiger partial charge in [-0.1, -0.05) is 12.6 Å². The van der Waals surface area contributed by atoms with Crippen LogP contribution < -0.4 is 15.5 Å². The van der Waals surface area contributed by atoms with Crippen LogP contribution in [0.4, 0.5) is 5.69 Å². The molecular weight excluding hydrogens is 212 g/mol. The van der Waals surface area contributed by atoms with Gasteiger partial charge in [-0.3, -0.25) is 4.79 Å². The lowest BCUT2D eigenvalue weighted by Gasteiger charge is -2.19. The van der Waals surface area contributed by atoms with Crippen LogP contribution in [0.2, 0.25) is 0 Å². The quantitative estimate of drug-likeness (QED) is 0.712. The van der Waals surface area contributed by atoms with Crippen molar-refractivity contribution in [3.05, 3.63) is 34.3 Å². The smallest absolute Gasteiger partial charge is 0.270 e. The fourth-order valence-corrected chi connectivity index (χ4v) is 2.47. The average Bonchev–Trinajstić information content (AvgIpc) is 2.84. The maximum absolute atomic E-state index is 11.3. The standard InChI is InChI=1S/C14H14N2O/c1-10-12(16-8-2-3-9-16)6-4-11-5-7-13(17)15-14(10)11/h4-7H,1-3,8-9H2. The molecule has 2 aliphatic rings. The summed E-state index contributed by atoms with van der Waals surface area (Å²) in [6, 6.07) is 4.10. The molecule has 0 aliphatic carbocycles. The first-order chi connectivity index (χ1) is 8.25. The van der Waals surface area contributed by atoms with Gasteiger partial charge in [0.1, 0.15) is 0 Å². The number of nitrogens with zero attached hydrogens (tertiary/aromatic N) is 2. The van der Waals surface area contributed by atoms with Crippen molar-refractivity contribution in [2.24, 2.45) is 4.99 Å². The SMILES string of the molecule is C=c1c(N2CCCC2)ccc2c1=NC(=O)C=C2. The summed E-state index contributed by atoms with van der Waals surface area (Å²) in [5, 5.41) is 1.61. The minimum Gasteiger partial charge on any atom is -0.371 e. The van der Waals surface area contributed by atoms with E-state index in [-0.39, 0.29) is 5.91 Å². The Bertz CT molecular complexity index is 610. The Hall–Kier alpha value is -1.90. The van der Waals surface area contributed by atoms with Crippen LogP contribution in [0.15, 0.2) is 23.2 Å². The molecule has 0 radical (unpaired) electrons. The molecular formula is C14H14N2O. The molecule has 2 heterocycles. The molecule has 2 aliphatic heterocycles. The summed E-state index contributed by atoms with van der Waals surface area (Å²) < 4.78 is 0. The fraction of sp³-hybridized carbons (Fsp3) is 0.286. The van der Waals surface area contributed by atoms with E-state index in [1.807, 2.05) is 12.1 Å². The van der Waals surface area contributed by atoms with Crippen LogP contribution in [0, 0.1) is 0 Å². The van der Waals surface area contributed by atoms with E-state index >= 15 is 0 Å². The van der Waals surface area contributed by atoms with E-state index in [0.717, 1.165) is 34.9 Å². The van der Waals surface area contributed by atoms with Gasteiger partial charge in [-0.15, -0.1) is 0 Å². The fourth-order valence-electron chi connectivity index (χ4n) is 2.47. The Balaban J connectivity index is 2.18. The monoisotopic (exact) mass is 226 g/mol. The number of amides is 1. The van der Waals surface area contributed by atoms with Crippen molar-refractivity contribution in [1.82, 2.24) is 0 Å². The Morgan fingerprint density at radius 2 is 1.94 bits per heavy atom. The molecule has 3 rings (SSSR count). The van der Waals surface area contributed by atoms with Gasteiger partial charge in [-0.25, -0.2) is 4.99 Å². The van der Waals surface area contributed by atoms with Crippen LogP contribution in [-0.4, -0.2) is 19.0 Å². The number of fused-ring (bicyclic) bond motifs is 1. The molecule has 3 heteroatoms. The van der Waals surface area contributed by atoms with E-state index in [9.17, 15) is 4.79 Å². The minimum absolute atomic E-state index is 0.194. The minimum atomic E-state index is -0.194. The Labute approximate surface area is 99.8 Å². The Morgan fingerprint density at radius 3 is 2.71 bits per heavy atom. The van der Waals surface area contributed by atoms with Crippen molar-refractivity contribution >= 4 is 24.2 Å². The van der Waals surface area contributed by atoms with Crippen molar-refractivity contribution in [2.45, 2.75) is 12.8 Å². The van der Waals surface area contributed by atoms with Crippen LogP contribution in [0.5, 0.6) is 0 Å². The lowest BCUT2D eigenvalue weighted by Crippen LogP contribution is -2.35. The number of carbonyl (C=O) groups excluding carboxylic acids is 1. The maximum atomic E-state index is 11.3. The summed E-state index contributed by atoms with van der Waals surface area (Å²) in [5.41, 5.74) is 2.10. The van der Waals surface area contributed by atoms with Gasteiger partial charge in [0.25, 0.3) is 5.91 Å². The highest BCUT2D eigenvalue weighted by atomic mass is 16.1. The van der Waals surface area contributed by atoms with Gasteiger partial charge in [-0.05, 0) is 25.0 Å². The normalized spacial score (nSPS) is 18.1. The first kappa shape index (κ1) is 10.3. The number of rotatable bonds is 1. The second kappa shape index (κ2) is 3.84. The molecule has 0 saturated carbocycles. The van der Waals surface area contributed by atoms with Gasteiger partial charge >= 0.3 is 0 Å². The maximum Gasteiger partial charge on any atom is 0.270 e. The summed E-state index contributed by atoms with van der Waals surface area (Å²) in [7, 11) is 0. The molecule has 0 N–H and O–H groups in total. The summed E-state index contributed by atoms with van der Waals surface area (Å²) in [6.45, 7) is 6.24. The molecule has 0 aromatic heterocycles. The van der Waals surface area contributed by atoms with Crippen LogP contribution in [0.1, 0.15) is 18.4 Å². The van der Waals surface area contributed by atoms with Crippen molar-refractivity contribution in [2.75, 3.05) is 18.0 Å². The third-order valence-electron chi connectivity index (χ3n) is 3.36. The van der Waals surface area contributed by atoms with Crippen LogP contribution in [0.3, 0.4) is 0 Å². The summed E-state index contributed by atoms with van der Waals surface area (Å²) in [5.74, 6) is -0.194. The third kappa shape index (κ3) is 1.68. The van der Waals surface area contributed by atoms with Crippen LogP contribution in [0.25, 0.3) is 12.7 Å². The van der Waals surface area contributed by atoms with E-state index in [1.165, 1.54) is 18.9 Å². The molecule has 3 nitrogen and oxygen atoms in total. The number of hydrogen-bond donors (Lipinski definition) is 0. The summed E-state index contributed by atoms with van der Waals surface area (Å²) in [6.07, 6.45) is 5.77. The second-order valence-electron chi connectivity index (χ2n) is 4.48. The third-order valence-corrected chi connectivity index (χ3v) is 3.36. The highest BCUT2D eigenvalue weighted by Gasteiger charge is 2.15. The van der Waals surface area contributed by atoms with Crippen molar-refractivity contribution in [1.29, 1.82) is 0 Å². The molecule has 0 spiro atoms. The first-order valence-corrected chi connectivity index (χ1v) is 5.93. The zero-order valence-corrected chi connectivity index (χ0v) is 9.65. The number of benzene rings is 1. The number of anilines is 1. The van der Waals surface area contributed by atoms with E-state index < -0.39 is 0 Å². The van der Waals surface area contributed by atoms with Crippen LogP contribution in [-0.2, 0) is 4.79 Å². The van der Waals surface area contributed by atoms with Gasteiger partial charge in [-0.2, -0.15) is 0 Å². The first-order valence-electron chi connectivity index (χ1n) is 5.93. The van der Waals surface area contributed by atoms with Crippen LogP contribution >= 0.6 is 0 Å². The van der Waals surface area contributed by atoms with Crippen molar-refractivity contribution in [3.63, 3.8) is 0 Å². The predicted octanol–water partition coefficient (Wildman–Crippen LogP) is 0.870. The molecule has 1 aromatic carbocycles. The summed E-state index contributed by atoms with van der Waals surface area (Å²) >= 11 is 0. The molecule has 0 atom stereocenters. The van der Waals surface area contributed by atoms with E-state index in [4.69, 9.17) is 0 Å². The molecule has 86 valence electrons. The Morgan fingerprint density at radius 1 is 1.18 bits per heavy atom. The van der Waals surface area contributed by atoms with Gasteiger partial charge in [0.15, 0.2) is 0 Å². The lowest BCUT2D eigenvalue weighted by atomic mass is 10.1. The number of hydrogen-bond acceptors (Lipinski definition) is 2. The zero-order valence-electron chi connectivity index (χ0n) is 9.65. The summed E-state index contributed by atoms with van der Waals surface area (Å²) in [4.78, 5) is 17.7. The molecule has 0 bridgehead atoms. The zero-order chi connectivity index (χ0) is 11.8. The highest BCUT2D eigenvalue weighted by molar-refractivity contribution is 5.94. The molecule has 1 aromatic rings. The van der Waals surface area contributed by atoms with E-state index in [1.54, 1.807) is 0 Å². The molecule has 17 heavy (non-hydrogen) atoms. The van der Waals surface area contributed by atoms with Gasteiger partial charge in [0.05, 0.1) is 5.36 Å². The Kier molecular flexibility index (Phi) is 2.32. The van der Waals surface area contributed by atoms with E-state index in [0.29, 0.717) is 0 Å². The van der Waals surface area contributed by atoms with Gasteiger partial charge in [0.2, 0.25) is 0 Å². The van der Waals surface area contributed by atoms with Crippen molar-refractivity contribution < 1.29 is 4.79 Å². The molecule has 1 amide bonds. The topological polar surface area (TPSA) is 32.7 Å². The molecule has 1 fully saturated rings. The molecule has 1 saturated heterocycles. The number of carbonyl (C=O) groups is 1. The molecule has 0 unspecified atom stereocenters. The lowest BCUT2D eigenvalue weighted by molar-refractivity contribution is -0.113.